The van der Waals surface area contributed by atoms with Gasteiger partial charge in [-0.05, 0) is 23.5 Å². The van der Waals surface area contributed by atoms with E-state index in [0.717, 1.165) is 23.1 Å². The van der Waals surface area contributed by atoms with Crippen LogP contribution >= 0.6 is 0 Å². The summed E-state index contributed by atoms with van der Waals surface area (Å²) in [5.74, 6) is 0.574. The number of nitrogens with zero attached hydrogens (tertiary/aromatic N) is 1. The summed E-state index contributed by atoms with van der Waals surface area (Å²) in [5, 5.41) is 0. The quantitative estimate of drug-likeness (QED) is 0.865. The van der Waals surface area contributed by atoms with Crippen LogP contribution in [0, 0.1) is 5.92 Å². The number of rotatable bonds is 2. The Labute approximate surface area is 102 Å². The molecular weight excluding hydrogens is 236 g/mol. The van der Waals surface area contributed by atoms with Gasteiger partial charge in [0.05, 0.1) is 5.75 Å². The second-order valence-corrected chi connectivity index (χ2v) is 6.39. The maximum Gasteiger partial charge on any atom is 0.259 e. The van der Waals surface area contributed by atoms with Crippen LogP contribution in [0.2, 0.25) is 0 Å². The average Bonchev–Trinajstić information content (AvgIpc) is 2.13. The molecule has 5 heteroatoms. The first kappa shape index (κ1) is 12.1. The summed E-state index contributed by atoms with van der Waals surface area (Å²) < 4.78 is 26.6. The van der Waals surface area contributed by atoms with Crippen LogP contribution in [-0.4, -0.2) is 14.3 Å². The Morgan fingerprint density at radius 3 is 2.76 bits per heavy atom. The van der Waals surface area contributed by atoms with Crippen LogP contribution < -0.4 is 5.73 Å². The van der Waals surface area contributed by atoms with Crippen LogP contribution in [0.4, 0.5) is 0 Å². The summed E-state index contributed by atoms with van der Waals surface area (Å²) in [6.45, 7) is 4.23. The van der Waals surface area contributed by atoms with Gasteiger partial charge < -0.3 is 5.73 Å². The van der Waals surface area contributed by atoms with Crippen molar-refractivity contribution < 1.29 is 8.42 Å². The molecule has 0 aromatic heterocycles. The lowest BCUT2D eigenvalue weighted by Gasteiger charge is -2.18. The standard InChI is InChI=1S/C12H16N2O2S/c1-8(2)6-9-4-3-5-10-7-17(15,16)14-12(13)11(9)10/h3-5,8H,6-7H2,1-2H3,(H2,13,14). The van der Waals surface area contributed by atoms with Crippen molar-refractivity contribution in [3.63, 3.8) is 0 Å². The van der Waals surface area contributed by atoms with Crippen molar-refractivity contribution >= 4 is 15.9 Å². The SMILES string of the molecule is CC(C)Cc1cccc2c1C(N)=NS(=O)(=O)C2. The highest BCUT2D eigenvalue weighted by atomic mass is 32.2. The predicted molar refractivity (Wildman–Crippen MR) is 68.3 cm³/mol. The molecular formula is C12H16N2O2S. The monoisotopic (exact) mass is 252 g/mol. The van der Waals surface area contributed by atoms with Gasteiger partial charge in [0.1, 0.15) is 5.84 Å². The van der Waals surface area contributed by atoms with Crippen LogP contribution in [0.3, 0.4) is 0 Å². The molecule has 0 atom stereocenters. The third-order valence-corrected chi connectivity index (χ3v) is 3.85. The number of fused-ring (bicyclic) bond motifs is 1. The lowest BCUT2D eigenvalue weighted by Crippen LogP contribution is -2.25. The number of benzene rings is 1. The van der Waals surface area contributed by atoms with Gasteiger partial charge in [-0.15, -0.1) is 4.40 Å². The van der Waals surface area contributed by atoms with Crippen molar-refractivity contribution in [1.82, 2.24) is 0 Å². The Morgan fingerprint density at radius 2 is 2.12 bits per heavy atom. The summed E-state index contributed by atoms with van der Waals surface area (Å²) >= 11 is 0. The number of hydrogen-bond donors (Lipinski definition) is 1. The van der Waals surface area contributed by atoms with Gasteiger partial charge in [0, 0.05) is 5.56 Å². The van der Waals surface area contributed by atoms with Gasteiger partial charge in [-0.2, -0.15) is 0 Å². The Hall–Kier alpha value is -1.36. The van der Waals surface area contributed by atoms with Crippen molar-refractivity contribution in [1.29, 1.82) is 0 Å². The zero-order chi connectivity index (χ0) is 12.6. The van der Waals surface area contributed by atoms with Crippen molar-refractivity contribution in [2.75, 3.05) is 0 Å². The highest BCUT2D eigenvalue weighted by Gasteiger charge is 2.24. The molecule has 0 fully saturated rings. The minimum atomic E-state index is -3.43. The summed E-state index contributed by atoms with van der Waals surface area (Å²) in [6.07, 6.45) is 0.874. The van der Waals surface area contributed by atoms with E-state index in [1.165, 1.54) is 0 Å². The third-order valence-electron chi connectivity index (χ3n) is 2.70. The minimum absolute atomic E-state index is 0.0467. The third kappa shape index (κ3) is 2.49. The number of hydrogen-bond acceptors (Lipinski definition) is 3. The van der Waals surface area contributed by atoms with E-state index >= 15 is 0 Å². The molecule has 0 radical (unpaired) electrons. The first-order valence-electron chi connectivity index (χ1n) is 5.58. The predicted octanol–water partition coefficient (Wildman–Crippen LogP) is 1.43. The molecule has 1 aliphatic heterocycles. The smallest absolute Gasteiger partial charge is 0.259 e. The summed E-state index contributed by atoms with van der Waals surface area (Å²) in [5.41, 5.74) is 8.42. The molecule has 0 bridgehead atoms. The first-order chi connectivity index (χ1) is 7.89. The van der Waals surface area contributed by atoms with Crippen molar-refractivity contribution in [2.45, 2.75) is 26.0 Å². The fraction of sp³-hybridized carbons (Fsp3) is 0.417. The van der Waals surface area contributed by atoms with Gasteiger partial charge in [0.15, 0.2) is 0 Å². The highest BCUT2D eigenvalue weighted by molar-refractivity contribution is 7.89. The van der Waals surface area contributed by atoms with Gasteiger partial charge in [0.2, 0.25) is 0 Å². The molecule has 0 saturated heterocycles. The fourth-order valence-electron chi connectivity index (χ4n) is 2.14. The molecule has 2 rings (SSSR count). The van der Waals surface area contributed by atoms with Crippen LogP contribution in [0.1, 0.15) is 30.5 Å². The molecule has 0 spiro atoms. The van der Waals surface area contributed by atoms with E-state index in [1.54, 1.807) is 6.07 Å². The van der Waals surface area contributed by atoms with E-state index in [4.69, 9.17) is 5.73 Å². The number of sulfonamides is 1. The Bertz CT molecular complexity index is 574. The zero-order valence-corrected chi connectivity index (χ0v) is 10.8. The molecule has 1 aromatic rings. The van der Waals surface area contributed by atoms with E-state index < -0.39 is 10.0 Å². The van der Waals surface area contributed by atoms with E-state index in [2.05, 4.69) is 18.2 Å². The fourth-order valence-corrected chi connectivity index (χ4v) is 3.23. The molecule has 0 aliphatic carbocycles. The van der Waals surface area contributed by atoms with Crippen molar-refractivity contribution in [2.24, 2.45) is 16.0 Å². The molecule has 2 N–H and O–H groups in total. The maximum absolute atomic E-state index is 11.5. The van der Waals surface area contributed by atoms with Gasteiger partial charge >= 0.3 is 0 Å². The van der Waals surface area contributed by atoms with Gasteiger partial charge in [-0.1, -0.05) is 32.0 Å². The molecule has 0 saturated carbocycles. The summed E-state index contributed by atoms with van der Waals surface area (Å²) in [7, 11) is -3.43. The molecule has 4 nitrogen and oxygen atoms in total. The van der Waals surface area contributed by atoms with Crippen molar-refractivity contribution in [3.8, 4) is 0 Å². The van der Waals surface area contributed by atoms with E-state index in [1.807, 2.05) is 12.1 Å². The second-order valence-electron chi connectivity index (χ2n) is 4.75. The van der Waals surface area contributed by atoms with E-state index in [9.17, 15) is 8.42 Å². The lowest BCUT2D eigenvalue weighted by molar-refractivity contribution is 0.596. The average molecular weight is 252 g/mol. The minimum Gasteiger partial charge on any atom is -0.383 e. The van der Waals surface area contributed by atoms with E-state index in [-0.39, 0.29) is 11.6 Å². The summed E-state index contributed by atoms with van der Waals surface area (Å²) in [4.78, 5) is 0. The van der Waals surface area contributed by atoms with Crippen LogP contribution in [0.5, 0.6) is 0 Å². The largest absolute Gasteiger partial charge is 0.383 e. The molecule has 1 aromatic carbocycles. The molecule has 17 heavy (non-hydrogen) atoms. The van der Waals surface area contributed by atoms with Crippen molar-refractivity contribution in [3.05, 3.63) is 34.9 Å². The number of amidine groups is 1. The summed E-state index contributed by atoms with van der Waals surface area (Å²) in [6, 6.07) is 5.67. The molecule has 92 valence electrons. The van der Waals surface area contributed by atoms with Gasteiger partial charge in [0.25, 0.3) is 10.0 Å². The second kappa shape index (κ2) is 4.14. The van der Waals surface area contributed by atoms with Crippen LogP contribution in [0.25, 0.3) is 0 Å². The lowest BCUT2D eigenvalue weighted by atomic mass is 9.94. The maximum atomic E-state index is 11.5. The van der Waals surface area contributed by atoms with E-state index in [0.29, 0.717) is 5.92 Å². The normalized spacial score (nSPS) is 17.7. The molecule has 0 amide bonds. The molecule has 1 aliphatic rings. The van der Waals surface area contributed by atoms with Crippen LogP contribution in [-0.2, 0) is 22.2 Å². The zero-order valence-electron chi connectivity index (χ0n) is 9.97. The van der Waals surface area contributed by atoms with Crippen LogP contribution in [0.15, 0.2) is 22.6 Å². The first-order valence-corrected chi connectivity index (χ1v) is 7.19. The number of nitrogens with two attached hydrogens (primary N) is 1. The van der Waals surface area contributed by atoms with Gasteiger partial charge in [-0.25, -0.2) is 8.42 Å². The Morgan fingerprint density at radius 1 is 1.41 bits per heavy atom. The molecule has 0 unspecified atom stereocenters. The Balaban J connectivity index is 2.56. The topological polar surface area (TPSA) is 72.5 Å². The highest BCUT2D eigenvalue weighted by Crippen LogP contribution is 2.24. The Kier molecular flexibility index (Phi) is 2.95. The molecule has 1 heterocycles. The van der Waals surface area contributed by atoms with Gasteiger partial charge in [-0.3, -0.25) is 0 Å².